The van der Waals surface area contributed by atoms with Crippen molar-refractivity contribution < 1.29 is 27.5 Å². The molecule has 0 aromatic heterocycles. The third-order valence-corrected chi connectivity index (χ3v) is 12.8. The maximum atomic E-state index is 14.4. The van der Waals surface area contributed by atoms with E-state index in [1.807, 2.05) is 97.1 Å². The summed E-state index contributed by atoms with van der Waals surface area (Å²) in [6.45, 7) is 5.48. The number of nitrogens with zero attached hydrogens (tertiary/aromatic N) is 3. The first-order chi connectivity index (χ1) is 26.3. The Hall–Kier alpha value is -4.36. The topological polar surface area (TPSA) is 96.5 Å². The Morgan fingerprint density at radius 2 is 1.42 bits per heavy atom. The van der Waals surface area contributed by atoms with E-state index >= 15 is 0 Å². The fourth-order valence-corrected chi connectivity index (χ4v) is 9.39. The van der Waals surface area contributed by atoms with Gasteiger partial charge < -0.3 is 9.47 Å². The second-order valence-electron chi connectivity index (χ2n) is 14.1. The zero-order chi connectivity index (χ0) is 39.6. The van der Waals surface area contributed by atoms with Gasteiger partial charge in [0.15, 0.2) is 0 Å². The van der Waals surface area contributed by atoms with Crippen LogP contribution < -0.4 is 4.74 Å². The fraction of sp³-hybridized carbons (Fsp3) is 0.302. The first kappa shape index (κ1) is 41.8. The van der Waals surface area contributed by atoms with Gasteiger partial charge in [-0.05, 0) is 78.9 Å². The van der Waals surface area contributed by atoms with E-state index in [1.54, 1.807) is 57.8 Å². The second kappa shape index (κ2) is 19.0. The molecule has 2 atom stereocenters. The predicted octanol–water partition coefficient (Wildman–Crippen LogP) is 9.31. The van der Waals surface area contributed by atoms with E-state index in [-0.39, 0.29) is 29.7 Å². The molecule has 55 heavy (non-hydrogen) atoms. The number of ether oxygens (including phenoxy) is 2. The minimum Gasteiger partial charge on any atom is -0.497 e. The first-order valence-electron chi connectivity index (χ1n) is 18.0. The number of rotatable bonds is 10. The molecule has 0 radical (unpaired) electrons. The van der Waals surface area contributed by atoms with Crippen LogP contribution in [0.4, 0.5) is 4.79 Å². The minimum atomic E-state index is -4.10. The van der Waals surface area contributed by atoms with Gasteiger partial charge in [0.05, 0.1) is 18.6 Å². The van der Waals surface area contributed by atoms with Gasteiger partial charge in [-0.3, -0.25) is 9.80 Å². The second-order valence-corrected chi connectivity index (χ2v) is 17.9. The summed E-state index contributed by atoms with van der Waals surface area (Å²) < 4.78 is 40.9. The first-order valence-corrected chi connectivity index (χ1v) is 21.6. The number of carbonyl (C=O) groups excluding carboxylic acids is 2. The highest BCUT2D eigenvalue weighted by molar-refractivity contribution is 9.08. The molecular weight excluding hydrogens is 799 g/mol. The Bertz CT molecular complexity index is 2130. The lowest BCUT2D eigenvalue weighted by Crippen LogP contribution is -2.54. The summed E-state index contributed by atoms with van der Waals surface area (Å²) in [5.74, 6) is 0.877. The van der Waals surface area contributed by atoms with Crippen molar-refractivity contribution in [2.75, 3.05) is 20.7 Å². The van der Waals surface area contributed by atoms with Crippen LogP contribution in [0.15, 0.2) is 132 Å². The molecule has 6 rings (SSSR count). The summed E-state index contributed by atoms with van der Waals surface area (Å²) >= 11 is 4.96. The molecule has 0 bridgehead atoms. The van der Waals surface area contributed by atoms with Crippen molar-refractivity contribution in [2.45, 2.75) is 66.6 Å². The number of likely N-dealkylation sites (N-methyl/N-ethyl adjacent to an activating group) is 1. The van der Waals surface area contributed by atoms with Crippen LogP contribution >= 0.6 is 27.7 Å². The zero-order valence-corrected chi connectivity index (χ0v) is 35.0. The zero-order valence-electron chi connectivity index (χ0n) is 31.8. The number of sulfonamides is 1. The highest BCUT2D eigenvalue weighted by atomic mass is 79.9. The summed E-state index contributed by atoms with van der Waals surface area (Å²) in [5.41, 5.74) is 2.37. The molecule has 5 aromatic carbocycles. The molecule has 12 heteroatoms. The summed E-state index contributed by atoms with van der Waals surface area (Å²) in [6.07, 6.45) is -0.422. The van der Waals surface area contributed by atoms with Gasteiger partial charge in [0, 0.05) is 29.9 Å². The number of carbonyl (C=O) groups is 2. The monoisotopic (exact) mass is 845 g/mol. The van der Waals surface area contributed by atoms with Crippen molar-refractivity contribution in [3.8, 4) is 5.75 Å². The van der Waals surface area contributed by atoms with Crippen LogP contribution in [-0.4, -0.2) is 72.3 Å². The molecule has 1 aliphatic heterocycles. The number of methoxy groups -OCH3 is 1. The van der Waals surface area contributed by atoms with Gasteiger partial charge in [-0.2, -0.15) is 16.1 Å². The smallest absolute Gasteiger partial charge is 0.429 e. The van der Waals surface area contributed by atoms with Gasteiger partial charge >= 0.3 is 6.09 Å². The Labute approximate surface area is 337 Å². The van der Waals surface area contributed by atoms with Crippen LogP contribution in [-0.2, 0) is 37.2 Å². The molecule has 0 saturated carbocycles. The quantitative estimate of drug-likeness (QED) is 0.102. The minimum absolute atomic E-state index is 0.0672. The Morgan fingerprint density at radius 1 is 0.818 bits per heavy atom. The van der Waals surface area contributed by atoms with Gasteiger partial charge in [0.1, 0.15) is 17.4 Å². The van der Waals surface area contributed by atoms with Crippen molar-refractivity contribution in [3.05, 3.63) is 144 Å². The number of thioether (sulfide) groups is 1. The fourth-order valence-electron chi connectivity index (χ4n) is 6.04. The largest absolute Gasteiger partial charge is 0.497 e. The highest BCUT2D eigenvalue weighted by Gasteiger charge is 2.46. The third-order valence-electron chi connectivity index (χ3n) is 8.93. The van der Waals surface area contributed by atoms with Crippen LogP contribution in [0.2, 0.25) is 0 Å². The summed E-state index contributed by atoms with van der Waals surface area (Å²) in [7, 11) is -0.985. The third kappa shape index (κ3) is 11.3. The lowest BCUT2D eigenvalue weighted by Gasteiger charge is -2.36. The molecule has 1 saturated heterocycles. The van der Waals surface area contributed by atoms with Crippen LogP contribution in [0.5, 0.6) is 5.75 Å². The summed E-state index contributed by atoms with van der Waals surface area (Å²) in [6, 6.07) is 38.8. The normalized spacial score (nSPS) is 15.8. The van der Waals surface area contributed by atoms with E-state index < -0.39 is 33.7 Å². The Morgan fingerprint density at radius 3 is 2.00 bits per heavy atom. The molecule has 1 fully saturated rings. The molecule has 0 aliphatic carbocycles. The molecule has 0 spiro atoms. The van der Waals surface area contributed by atoms with E-state index in [2.05, 4.69) is 28.1 Å². The van der Waals surface area contributed by atoms with Crippen molar-refractivity contribution in [1.29, 1.82) is 0 Å². The number of benzene rings is 5. The average Bonchev–Trinajstić information content (AvgIpc) is 3.64. The molecule has 1 heterocycles. The van der Waals surface area contributed by atoms with Gasteiger partial charge in [-0.25, -0.2) is 18.2 Å². The predicted molar refractivity (Wildman–Crippen MR) is 224 cm³/mol. The SMILES string of the molecule is BrCc1ccccc1.COc1ccc(CS[C@@H]2C[C@@H](C(=O)N(C)N(Cc3ccccc3)C(=O)OC(C)(C)C)N(S(=O)(=O)c3ccc4ccccc4c3)C2)cc1. The van der Waals surface area contributed by atoms with E-state index in [9.17, 15) is 18.0 Å². The highest BCUT2D eigenvalue weighted by Crippen LogP contribution is 2.36. The van der Waals surface area contributed by atoms with Crippen molar-refractivity contribution in [3.63, 3.8) is 0 Å². The van der Waals surface area contributed by atoms with Crippen LogP contribution in [0.1, 0.15) is 43.9 Å². The van der Waals surface area contributed by atoms with Crippen LogP contribution in [0.25, 0.3) is 10.8 Å². The van der Waals surface area contributed by atoms with Crippen LogP contribution in [0.3, 0.4) is 0 Å². The molecule has 0 unspecified atom stereocenters. The number of amides is 2. The molecular formula is C43H48BrN3O6S2. The van der Waals surface area contributed by atoms with Gasteiger partial charge in [-0.1, -0.05) is 119 Å². The van der Waals surface area contributed by atoms with E-state index in [0.29, 0.717) is 5.75 Å². The van der Waals surface area contributed by atoms with E-state index in [1.165, 1.54) is 26.9 Å². The van der Waals surface area contributed by atoms with Gasteiger partial charge in [0.2, 0.25) is 10.0 Å². The molecule has 2 amide bonds. The van der Waals surface area contributed by atoms with Crippen molar-refractivity contribution in [1.82, 2.24) is 14.3 Å². The maximum absolute atomic E-state index is 14.4. The lowest BCUT2D eigenvalue weighted by atomic mass is 10.1. The number of halogens is 1. The average molecular weight is 847 g/mol. The van der Waals surface area contributed by atoms with Crippen LogP contribution in [0, 0.1) is 0 Å². The molecule has 1 aliphatic rings. The number of hydrogen-bond donors (Lipinski definition) is 0. The molecule has 0 N–H and O–H groups in total. The lowest BCUT2D eigenvalue weighted by molar-refractivity contribution is -0.149. The summed E-state index contributed by atoms with van der Waals surface area (Å²) in [5, 5.41) is 4.94. The molecule has 290 valence electrons. The molecule has 9 nitrogen and oxygen atoms in total. The Kier molecular flexibility index (Phi) is 14.4. The number of alkyl halides is 1. The standard InChI is InChI=1S/C36H41N3O6S2.C7H7Br/c1-36(2,3)45-35(41)38(23-26-11-7-6-8-12-26)37(4)34(40)33-22-31(46-25-27-15-18-30(44-5)19-16-27)24-39(33)47(42,43)32-20-17-28-13-9-10-14-29(28)21-32;8-6-7-4-2-1-3-5-7/h6-21,31,33H,22-25H2,1-5H3;1-5H,6H2/t31-,33+;/m1./s1. The van der Waals surface area contributed by atoms with Gasteiger partial charge in [-0.15, -0.1) is 0 Å². The summed E-state index contributed by atoms with van der Waals surface area (Å²) in [4.78, 5) is 28.0. The van der Waals surface area contributed by atoms with E-state index in [0.717, 1.165) is 33.0 Å². The van der Waals surface area contributed by atoms with E-state index in [4.69, 9.17) is 9.47 Å². The van der Waals surface area contributed by atoms with Crippen molar-refractivity contribution >= 4 is 60.5 Å². The van der Waals surface area contributed by atoms with Gasteiger partial charge in [0.25, 0.3) is 5.91 Å². The number of hydrazine groups is 1. The Balaban J connectivity index is 0.000000644. The van der Waals surface area contributed by atoms with Crippen molar-refractivity contribution in [2.24, 2.45) is 0 Å². The number of hydrogen-bond acceptors (Lipinski definition) is 7. The number of fused-ring (bicyclic) bond motifs is 1. The maximum Gasteiger partial charge on any atom is 0.429 e. The molecule has 5 aromatic rings.